The van der Waals surface area contributed by atoms with Crippen molar-refractivity contribution >= 4 is 22.6 Å². The van der Waals surface area contributed by atoms with Crippen LogP contribution in [0.25, 0.3) is 10.8 Å². The van der Waals surface area contributed by atoms with Gasteiger partial charge >= 0.3 is 0 Å². The summed E-state index contributed by atoms with van der Waals surface area (Å²) in [7, 11) is 0. The second kappa shape index (κ2) is 13.4. The summed E-state index contributed by atoms with van der Waals surface area (Å²) < 4.78 is 0. The van der Waals surface area contributed by atoms with E-state index in [1.54, 1.807) is 0 Å². The molecule has 0 saturated heterocycles. The van der Waals surface area contributed by atoms with E-state index in [0.29, 0.717) is 43.4 Å². The molecule has 38 heavy (non-hydrogen) atoms. The predicted molar refractivity (Wildman–Crippen MR) is 158 cm³/mol. The van der Waals surface area contributed by atoms with E-state index in [9.17, 15) is 14.7 Å². The van der Waals surface area contributed by atoms with Gasteiger partial charge in [0.1, 0.15) is 0 Å². The third kappa shape index (κ3) is 9.88. The monoisotopic (exact) mass is 523 g/mol. The molecule has 1 atom stereocenters. The van der Waals surface area contributed by atoms with Crippen molar-refractivity contribution in [1.82, 2.24) is 16.0 Å². The maximum atomic E-state index is 13.3. The Morgan fingerprint density at radius 3 is 2.13 bits per heavy atom. The number of carbonyl (C=O) groups is 2. The van der Waals surface area contributed by atoms with Crippen LogP contribution in [0.2, 0.25) is 0 Å². The largest absolute Gasteiger partial charge is 0.393 e. The molecule has 0 heterocycles. The second-order valence-electron chi connectivity index (χ2n) is 12.6. The van der Waals surface area contributed by atoms with Gasteiger partial charge in [-0.2, -0.15) is 0 Å². The van der Waals surface area contributed by atoms with Gasteiger partial charge in [-0.15, -0.1) is 0 Å². The molecule has 2 rings (SSSR count). The highest BCUT2D eigenvalue weighted by molar-refractivity contribution is 6.08. The number of carbonyl (C=O) groups excluding carboxylic acids is 2. The molecular weight excluding hydrogens is 474 g/mol. The van der Waals surface area contributed by atoms with Gasteiger partial charge in [0.25, 0.3) is 5.91 Å². The van der Waals surface area contributed by atoms with Crippen LogP contribution in [0.4, 0.5) is 0 Å². The van der Waals surface area contributed by atoms with Crippen molar-refractivity contribution in [1.29, 1.82) is 0 Å². The topological polar surface area (TPSA) is 90.5 Å². The van der Waals surface area contributed by atoms with E-state index >= 15 is 0 Å². The Kier molecular flexibility index (Phi) is 11.1. The summed E-state index contributed by atoms with van der Waals surface area (Å²) in [6.45, 7) is 18.4. The normalized spacial score (nSPS) is 13.9. The van der Waals surface area contributed by atoms with Gasteiger partial charge in [0.15, 0.2) is 0 Å². The lowest BCUT2D eigenvalue weighted by atomic mass is 9.91. The predicted octanol–water partition coefficient (Wildman–Crippen LogP) is 5.67. The molecule has 4 N–H and O–H groups in total. The average Bonchev–Trinajstić information content (AvgIpc) is 2.79. The lowest BCUT2D eigenvalue weighted by Crippen LogP contribution is -2.43. The van der Waals surface area contributed by atoms with E-state index in [1.165, 1.54) is 0 Å². The molecule has 0 bridgehead atoms. The van der Waals surface area contributed by atoms with Gasteiger partial charge in [-0.3, -0.25) is 9.59 Å². The lowest BCUT2D eigenvalue weighted by Gasteiger charge is -2.25. The van der Waals surface area contributed by atoms with Gasteiger partial charge in [0.2, 0.25) is 5.91 Å². The second-order valence-corrected chi connectivity index (χ2v) is 12.6. The van der Waals surface area contributed by atoms with Crippen molar-refractivity contribution in [3.8, 4) is 0 Å². The molecule has 0 radical (unpaired) electrons. The van der Waals surface area contributed by atoms with E-state index in [1.807, 2.05) is 84.9 Å². The SMILES string of the molecule is CC/C(CC(O)CCc1ccc2ccccc2c1C(=O)NC(C)(C)C)=C(\CNC(C)C)C(=O)NC(C)(C)C. The Morgan fingerprint density at radius 1 is 0.921 bits per heavy atom. The minimum Gasteiger partial charge on any atom is -0.393 e. The minimum absolute atomic E-state index is 0.0923. The molecular formula is C32H49N3O3. The van der Waals surface area contributed by atoms with E-state index < -0.39 is 6.10 Å². The molecule has 0 aromatic heterocycles. The lowest BCUT2D eigenvalue weighted by molar-refractivity contribution is -0.119. The number of rotatable bonds is 11. The van der Waals surface area contributed by atoms with Crippen molar-refractivity contribution in [3.63, 3.8) is 0 Å². The van der Waals surface area contributed by atoms with Crippen LogP contribution in [0.3, 0.4) is 0 Å². The first kappa shape index (κ1) is 31.5. The molecule has 2 aromatic carbocycles. The summed E-state index contributed by atoms with van der Waals surface area (Å²) in [6, 6.07) is 12.2. The molecule has 6 heteroatoms. The molecule has 6 nitrogen and oxygen atoms in total. The fourth-order valence-electron chi connectivity index (χ4n) is 4.47. The van der Waals surface area contributed by atoms with Gasteiger partial charge in [0.05, 0.1) is 11.7 Å². The zero-order chi connectivity index (χ0) is 28.7. The quantitative estimate of drug-likeness (QED) is 0.286. The van der Waals surface area contributed by atoms with E-state index in [0.717, 1.165) is 21.9 Å². The van der Waals surface area contributed by atoms with E-state index in [2.05, 4.69) is 29.8 Å². The maximum Gasteiger partial charge on any atom is 0.252 e. The summed E-state index contributed by atoms with van der Waals surface area (Å²) in [5.74, 6) is -0.195. The Bertz CT molecular complexity index is 1140. The molecule has 0 aliphatic rings. The Hall–Kier alpha value is -2.70. The zero-order valence-electron chi connectivity index (χ0n) is 24.9. The van der Waals surface area contributed by atoms with E-state index in [4.69, 9.17) is 0 Å². The van der Waals surface area contributed by atoms with Gasteiger partial charge in [-0.05, 0) is 83.6 Å². The van der Waals surface area contributed by atoms with Crippen LogP contribution in [0.15, 0.2) is 47.5 Å². The standard InChI is InChI=1S/C32H49N3O3/c1-10-22(27(20-33-21(2)3)29(37)34-31(4,5)6)19-25(36)18-17-24-16-15-23-13-11-12-14-26(23)28(24)30(38)35-32(7,8)9/h11-16,21,25,33,36H,10,17-20H2,1-9H3,(H,34,37)(H,35,38)/b27-22-. The molecule has 0 aliphatic carbocycles. The molecule has 2 aromatic rings. The first-order chi connectivity index (χ1) is 17.6. The molecule has 1 unspecified atom stereocenters. The third-order valence-electron chi connectivity index (χ3n) is 6.26. The number of hydrogen-bond acceptors (Lipinski definition) is 4. The number of benzene rings is 2. The van der Waals surface area contributed by atoms with Gasteiger partial charge in [-0.1, -0.05) is 62.7 Å². The molecule has 210 valence electrons. The first-order valence-corrected chi connectivity index (χ1v) is 13.9. The Balaban J connectivity index is 2.31. The fourth-order valence-corrected chi connectivity index (χ4v) is 4.47. The van der Waals surface area contributed by atoms with Crippen LogP contribution in [-0.4, -0.2) is 46.7 Å². The van der Waals surface area contributed by atoms with Crippen LogP contribution in [0.5, 0.6) is 0 Å². The number of aryl methyl sites for hydroxylation is 1. The first-order valence-electron chi connectivity index (χ1n) is 13.9. The average molecular weight is 524 g/mol. The number of aliphatic hydroxyl groups is 1. The maximum absolute atomic E-state index is 13.3. The molecule has 0 spiro atoms. The van der Waals surface area contributed by atoms with Crippen LogP contribution in [0.1, 0.15) is 97.5 Å². The summed E-state index contributed by atoms with van der Waals surface area (Å²) in [5.41, 5.74) is 2.53. The smallest absolute Gasteiger partial charge is 0.252 e. The molecule has 0 saturated carbocycles. The number of hydrogen-bond donors (Lipinski definition) is 4. The van der Waals surface area contributed by atoms with Crippen LogP contribution < -0.4 is 16.0 Å². The van der Waals surface area contributed by atoms with Crippen molar-refractivity contribution in [3.05, 3.63) is 58.7 Å². The zero-order valence-corrected chi connectivity index (χ0v) is 24.9. The number of fused-ring (bicyclic) bond motifs is 1. The summed E-state index contributed by atoms with van der Waals surface area (Å²) >= 11 is 0. The number of amides is 2. The van der Waals surface area contributed by atoms with Crippen molar-refractivity contribution in [2.45, 2.75) is 111 Å². The minimum atomic E-state index is -0.633. The van der Waals surface area contributed by atoms with Crippen LogP contribution in [0, 0.1) is 0 Å². The van der Waals surface area contributed by atoms with Gasteiger partial charge < -0.3 is 21.1 Å². The summed E-state index contributed by atoms with van der Waals surface area (Å²) in [5, 5.41) is 22.6. The van der Waals surface area contributed by atoms with Crippen molar-refractivity contribution in [2.24, 2.45) is 0 Å². The van der Waals surface area contributed by atoms with Crippen molar-refractivity contribution in [2.75, 3.05) is 6.54 Å². The highest BCUT2D eigenvalue weighted by Crippen LogP contribution is 2.26. The van der Waals surface area contributed by atoms with Gasteiger partial charge in [-0.25, -0.2) is 0 Å². The molecule has 0 aliphatic heterocycles. The highest BCUT2D eigenvalue weighted by Gasteiger charge is 2.23. The van der Waals surface area contributed by atoms with E-state index in [-0.39, 0.29) is 28.9 Å². The summed E-state index contributed by atoms with van der Waals surface area (Å²) in [6.07, 6.45) is 1.51. The van der Waals surface area contributed by atoms with Crippen molar-refractivity contribution < 1.29 is 14.7 Å². The summed E-state index contributed by atoms with van der Waals surface area (Å²) in [4.78, 5) is 26.5. The molecule has 0 fully saturated rings. The fraction of sp³-hybridized carbons (Fsp3) is 0.562. The van der Waals surface area contributed by atoms with Crippen LogP contribution in [-0.2, 0) is 11.2 Å². The van der Waals surface area contributed by atoms with Crippen LogP contribution >= 0.6 is 0 Å². The van der Waals surface area contributed by atoms with Gasteiger partial charge in [0, 0.05) is 29.2 Å². The number of aliphatic hydroxyl groups excluding tert-OH is 1. The number of nitrogens with one attached hydrogen (secondary N) is 3. The highest BCUT2D eigenvalue weighted by atomic mass is 16.3. The Labute approximate surface area is 229 Å². The molecule has 2 amide bonds. The Morgan fingerprint density at radius 2 is 1.55 bits per heavy atom. The third-order valence-corrected chi connectivity index (χ3v) is 6.26.